The van der Waals surface area contributed by atoms with Crippen molar-refractivity contribution < 1.29 is 21.9 Å². The van der Waals surface area contributed by atoms with Gasteiger partial charge in [0.25, 0.3) is 0 Å². The van der Waals surface area contributed by atoms with Crippen LogP contribution in [0.2, 0.25) is 0 Å². The molecule has 6 nitrogen and oxygen atoms in total. The normalized spacial score (nSPS) is 15.1. The third-order valence-corrected chi connectivity index (χ3v) is 6.13. The summed E-state index contributed by atoms with van der Waals surface area (Å²) in [4.78, 5) is 3.74. The van der Waals surface area contributed by atoms with E-state index in [1.54, 1.807) is 19.1 Å². The van der Waals surface area contributed by atoms with E-state index in [-0.39, 0.29) is 5.56 Å². The number of ether oxygens (including phenoxy) is 1. The van der Waals surface area contributed by atoms with E-state index in [0.29, 0.717) is 5.56 Å². The molecule has 138 valence electrons. The molecule has 0 saturated heterocycles. The number of aromatic nitrogens is 3. The number of sulfone groups is 1. The second-order valence-electron chi connectivity index (χ2n) is 5.86. The number of rotatable bonds is 7. The van der Waals surface area contributed by atoms with Crippen molar-refractivity contribution in [1.29, 1.82) is 0 Å². The van der Waals surface area contributed by atoms with Crippen molar-refractivity contribution in [3.63, 3.8) is 0 Å². The maximum atomic E-state index is 15.3. The number of benzene rings is 1. The number of nitrogens with zero attached hydrogens (tertiary/aromatic N) is 3. The predicted molar refractivity (Wildman–Crippen MR) is 89.0 cm³/mol. The first kappa shape index (κ1) is 19.5. The molecule has 1 unspecified atom stereocenters. The van der Waals surface area contributed by atoms with Crippen LogP contribution in [0.1, 0.15) is 23.6 Å². The zero-order valence-corrected chi connectivity index (χ0v) is 15.3. The quantitative estimate of drug-likeness (QED) is 0.745. The number of aryl methyl sites for hydroxylation is 2. The van der Waals surface area contributed by atoms with E-state index in [1.165, 1.54) is 25.6 Å². The van der Waals surface area contributed by atoms with Gasteiger partial charge in [-0.3, -0.25) is 0 Å². The van der Waals surface area contributed by atoms with E-state index < -0.39 is 33.0 Å². The van der Waals surface area contributed by atoms with Crippen molar-refractivity contribution in [1.82, 2.24) is 14.8 Å². The molecule has 1 atom stereocenters. The van der Waals surface area contributed by atoms with Crippen LogP contribution < -0.4 is 0 Å². The van der Waals surface area contributed by atoms with Gasteiger partial charge in [-0.15, -0.1) is 0 Å². The summed E-state index contributed by atoms with van der Waals surface area (Å²) in [6, 6.07) is 4.83. The van der Waals surface area contributed by atoms with Crippen LogP contribution in [0, 0.1) is 13.8 Å². The smallest absolute Gasteiger partial charge is 0.364 e. The highest BCUT2D eigenvalue weighted by atomic mass is 32.2. The fraction of sp³-hybridized carbons (Fsp3) is 0.500. The summed E-state index contributed by atoms with van der Waals surface area (Å²) in [5.41, 5.74) is -0.965. The topological polar surface area (TPSA) is 74.1 Å². The first-order chi connectivity index (χ1) is 11.6. The molecule has 0 fully saturated rings. The minimum atomic E-state index is -4.77. The molecule has 1 aromatic heterocycles. The predicted octanol–water partition coefficient (Wildman–Crippen LogP) is 2.46. The number of methoxy groups -OCH3 is 1. The van der Waals surface area contributed by atoms with Crippen molar-refractivity contribution in [2.24, 2.45) is 0 Å². The zero-order chi connectivity index (χ0) is 18.9. The van der Waals surface area contributed by atoms with Gasteiger partial charge in [0, 0.05) is 7.11 Å². The number of hydrogen-bond donors (Lipinski definition) is 0. The number of halogens is 2. The molecule has 2 aromatic rings. The summed E-state index contributed by atoms with van der Waals surface area (Å²) in [6.45, 7) is 4.15. The largest absolute Gasteiger partial charge is 0.379 e. The highest BCUT2D eigenvalue weighted by Gasteiger charge is 2.64. The van der Waals surface area contributed by atoms with Crippen LogP contribution in [-0.2, 0) is 26.7 Å². The molecule has 0 aliphatic heterocycles. The van der Waals surface area contributed by atoms with E-state index in [1.807, 2.05) is 6.92 Å². The molecule has 0 aliphatic rings. The van der Waals surface area contributed by atoms with Crippen LogP contribution in [0.5, 0.6) is 0 Å². The van der Waals surface area contributed by atoms with Crippen molar-refractivity contribution in [3.8, 4) is 0 Å². The van der Waals surface area contributed by atoms with Crippen LogP contribution in [0.25, 0.3) is 0 Å². The zero-order valence-electron chi connectivity index (χ0n) is 14.5. The van der Waals surface area contributed by atoms with Crippen LogP contribution >= 0.6 is 0 Å². The molecule has 2 rings (SSSR count). The standard InChI is InChI=1S/C16H21F2N3O3S/c1-5-25(22,23)16(17,18)15(24-4,9-21-11-19-10-20-21)14-7-6-12(2)8-13(14)3/h6-8,10-11H,5,9H2,1-4H3. The van der Waals surface area contributed by atoms with Crippen LogP contribution in [0.3, 0.4) is 0 Å². The molecule has 0 bridgehead atoms. The minimum Gasteiger partial charge on any atom is -0.364 e. The molecule has 25 heavy (non-hydrogen) atoms. The lowest BCUT2D eigenvalue weighted by Gasteiger charge is -2.39. The first-order valence-corrected chi connectivity index (χ1v) is 9.32. The molecule has 0 radical (unpaired) electrons. The average Bonchev–Trinajstić information content (AvgIpc) is 3.05. The van der Waals surface area contributed by atoms with Crippen molar-refractivity contribution in [3.05, 3.63) is 47.5 Å². The lowest BCUT2D eigenvalue weighted by atomic mass is 9.88. The van der Waals surface area contributed by atoms with E-state index >= 15 is 8.78 Å². The van der Waals surface area contributed by atoms with Gasteiger partial charge in [0.1, 0.15) is 12.7 Å². The van der Waals surface area contributed by atoms with Crippen LogP contribution in [0.15, 0.2) is 30.9 Å². The summed E-state index contributed by atoms with van der Waals surface area (Å²) >= 11 is 0. The second kappa shape index (κ2) is 6.80. The van der Waals surface area contributed by atoms with Gasteiger partial charge in [0.2, 0.25) is 9.84 Å². The van der Waals surface area contributed by atoms with Gasteiger partial charge in [0.05, 0.1) is 12.3 Å². The Balaban J connectivity index is 2.78. The van der Waals surface area contributed by atoms with Gasteiger partial charge in [-0.05, 0) is 25.0 Å². The Labute approximate surface area is 145 Å². The molecular weight excluding hydrogens is 352 g/mol. The molecule has 0 saturated carbocycles. The van der Waals surface area contributed by atoms with Gasteiger partial charge >= 0.3 is 5.25 Å². The molecule has 0 aliphatic carbocycles. The van der Waals surface area contributed by atoms with E-state index in [4.69, 9.17) is 4.74 Å². The summed E-state index contributed by atoms with van der Waals surface area (Å²) in [5.74, 6) is -0.715. The van der Waals surface area contributed by atoms with Gasteiger partial charge in [-0.1, -0.05) is 30.7 Å². The van der Waals surface area contributed by atoms with E-state index in [2.05, 4.69) is 10.1 Å². The highest BCUT2D eigenvalue weighted by Crippen LogP contribution is 2.47. The molecule has 1 aromatic carbocycles. The van der Waals surface area contributed by atoms with E-state index in [9.17, 15) is 8.42 Å². The molecule has 1 heterocycles. The lowest BCUT2D eigenvalue weighted by molar-refractivity contribution is -0.164. The Morgan fingerprint density at radius 3 is 2.44 bits per heavy atom. The maximum absolute atomic E-state index is 15.3. The Kier molecular flexibility index (Phi) is 5.29. The molecule has 0 spiro atoms. The first-order valence-electron chi connectivity index (χ1n) is 7.66. The molecule has 0 N–H and O–H groups in total. The van der Waals surface area contributed by atoms with Crippen molar-refractivity contribution in [2.75, 3.05) is 12.9 Å². The summed E-state index contributed by atoms with van der Waals surface area (Å²) in [7, 11) is -3.69. The Morgan fingerprint density at radius 1 is 1.28 bits per heavy atom. The fourth-order valence-corrected chi connectivity index (χ4v) is 3.99. The monoisotopic (exact) mass is 373 g/mol. The lowest BCUT2D eigenvalue weighted by Crippen LogP contribution is -2.55. The Bertz CT molecular complexity index is 838. The van der Waals surface area contributed by atoms with Gasteiger partial charge in [-0.2, -0.15) is 13.9 Å². The number of alkyl halides is 2. The van der Waals surface area contributed by atoms with E-state index in [0.717, 1.165) is 17.4 Å². The van der Waals surface area contributed by atoms with Crippen molar-refractivity contribution >= 4 is 9.84 Å². The number of hydrogen-bond acceptors (Lipinski definition) is 5. The Hall–Kier alpha value is -1.87. The van der Waals surface area contributed by atoms with Gasteiger partial charge in [-0.25, -0.2) is 18.1 Å². The molecule has 9 heteroatoms. The van der Waals surface area contributed by atoms with Crippen LogP contribution in [-0.4, -0.2) is 41.3 Å². The fourth-order valence-electron chi connectivity index (χ4n) is 2.87. The summed E-state index contributed by atoms with van der Waals surface area (Å²) in [6.07, 6.45) is 2.43. The third-order valence-electron chi connectivity index (χ3n) is 4.26. The van der Waals surface area contributed by atoms with Gasteiger partial charge in [0.15, 0.2) is 5.60 Å². The SMILES string of the molecule is CCS(=O)(=O)C(F)(F)C(Cn1cncn1)(OC)c1ccc(C)cc1C. The maximum Gasteiger partial charge on any atom is 0.379 e. The van der Waals surface area contributed by atoms with Crippen molar-refractivity contribution in [2.45, 2.75) is 38.2 Å². The van der Waals surface area contributed by atoms with Crippen LogP contribution in [0.4, 0.5) is 8.78 Å². The average molecular weight is 373 g/mol. The molecule has 0 amide bonds. The highest BCUT2D eigenvalue weighted by molar-refractivity contribution is 7.92. The van der Waals surface area contributed by atoms with Gasteiger partial charge < -0.3 is 4.74 Å². The molecular formula is C16H21F2N3O3S. The minimum absolute atomic E-state index is 0.0955. The third kappa shape index (κ3) is 3.18. The Morgan fingerprint density at radius 2 is 1.96 bits per heavy atom. The summed E-state index contributed by atoms with van der Waals surface area (Å²) in [5, 5.41) is -0.331. The second-order valence-corrected chi connectivity index (χ2v) is 8.18. The summed E-state index contributed by atoms with van der Waals surface area (Å²) < 4.78 is 61.5.